The third kappa shape index (κ3) is 2.23. The zero-order valence-corrected chi connectivity index (χ0v) is 10.8. The van der Waals surface area contributed by atoms with E-state index in [0.29, 0.717) is 6.04 Å². The number of likely N-dealkylation sites (tertiary alicyclic amines) is 1. The predicted molar refractivity (Wildman–Crippen MR) is 65.9 cm³/mol. The lowest BCUT2D eigenvalue weighted by atomic mass is 10.1. The summed E-state index contributed by atoms with van der Waals surface area (Å²) < 4.78 is 1.16. The van der Waals surface area contributed by atoms with Crippen LogP contribution in [0, 0.1) is 0 Å². The van der Waals surface area contributed by atoms with Crippen LogP contribution >= 0.6 is 15.9 Å². The molecule has 0 bridgehead atoms. The van der Waals surface area contributed by atoms with E-state index < -0.39 is 0 Å². The Bertz CT molecular complexity index is 315. The lowest BCUT2D eigenvalue weighted by molar-refractivity contribution is -0.924. The molecule has 1 aromatic rings. The van der Waals surface area contributed by atoms with Crippen molar-refractivity contribution >= 4 is 15.9 Å². The molecule has 82 valence electrons. The summed E-state index contributed by atoms with van der Waals surface area (Å²) in [5.41, 5.74) is 1.40. The Morgan fingerprint density at radius 2 is 2.47 bits per heavy atom. The number of pyridine rings is 1. The van der Waals surface area contributed by atoms with E-state index in [1.807, 2.05) is 18.5 Å². The molecule has 0 N–H and O–H groups in total. The van der Waals surface area contributed by atoms with Crippen LogP contribution in [0.1, 0.15) is 24.4 Å². The Hall–Kier alpha value is -0.410. The summed E-state index contributed by atoms with van der Waals surface area (Å²) in [6.45, 7) is 2.50. The van der Waals surface area contributed by atoms with Crippen LogP contribution in [0.2, 0.25) is 0 Å². The molecular formula is C12H18BrN2+. The molecule has 1 aliphatic rings. The van der Waals surface area contributed by atoms with Crippen LogP contribution in [0.3, 0.4) is 0 Å². The average Bonchev–Trinajstić information content (AvgIpc) is 2.62. The summed E-state index contributed by atoms with van der Waals surface area (Å²) >= 11 is 3.56. The Kier molecular flexibility index (Phi) is 3.42. The highest BCUT2D eigenvalue weighted by atomic mass is 79.9. The number of aromatic nitrogens is 1. The molecule has 1 saturated heterocycles. The molecule has 1 fully saturated rings. The van der Waals surface area contributed by atoms with Crippen molar-refractivity contribution in [2.45, 2.75) is 18.9 Å². The fourth-order valence-electron chi connectivity index (χ4n) is 2.67. The fraction of sp³-hybridized carbons (Fsp3) is 0.583. The van der Waals surface area contributed by atoms with E-state index in [9.17, 15) is 0 Å². The quantitative estimate of drug-likeness (QED) is 0.608. The molecule has 2 rings (SSSR count). The number of hydrogen-bond acceptors (Lipinski definition) is 1. The van der Waals surface area contributed by atoms with Gasteiger partial charge in [0.2, 0.25) is 0 Å². The van der Waals surface area contributed by atoms with Crippen LogP contribution in [-0.2, 0) is 0 Å². The van der Waals surface area contributed by atoms with E-state index in [4.69, 9.17) is 0 Å². The van der Waals surface area contributed by atoms with Gasteiger partial charge in [0.25, 0.3) is 0 Å². The molecule has 2 nitrogen and oxygen atoms in total. The van der Waals surface area contributed by atoms with Gasteiger partial charge in [0, 0.05) is 30.8 Å². The van der Waals surface area contributed by atoms with Crippen molar-refractivity contribution in [1.82, 2.24) is 4.98 Å². The maximum Gasteiger partial charge on any atom is 0.116 e. The van der Waals surface area contributed by atoms with E-state index in [0.717, 1.165) is 9.81 Å². The first-order chi connectivity index (χ1) is 7.26. The number of quaternary nitrogens is 1. The largest absolute Gasteiger partial charge is 0.319 e. The normalized spacial score (nSPS) is 30.7. The molecule has 2 atom stereocenters. The van der Waals surface area contributed by atoms with Crippen LogP contribution < -0.4 is 0 Å². The van der Waals surface area contributed by atoms with Crippen molar-refractivity contribution < 1.29 is 4.48 Å². The topological polar surface area (TPSA) is 12.9 Å². The lowest BCUT2D eigenvalue weighted by Gasteiger charge is -2.35. The first kappa shape index (κ1) is 11.1. The van der Waals surface area contributed by atoms with Crippen molar-refractivity contribution in [2.75, 3.05) is 25.5 Å². The number of nitrogens with zero attached hydrogens (tertiary/aromatic N) is 2. The minimum Gasteiger partial charge on any atom is -0.319 e. The van der Waals surface area contributed by atoms with E-state index in [1.165, 1.54) is 31.5 Å². The Balaban J connectivity index is 2.21. The van der Waals surface area contributed by atoms with Crippen molar-refractivity contribution in [3.05, 3.63) is 30.1 Å². The standard InChI is InChI=1S/C12H18BrN2/c1-15(9-6-13)8-3-5-12(15)11-4-2-7-14-10-11/h2,4,7,10,12H,3,5-6,8-9H2,1H3/q+1. The van der Waals surface area contributed by atoms with E-state index >= 15 is 0 Å². The van der Waals surface area contributed by atoms with Crippen molar-refractivity contribution in [2.24, 2.45) is 0 Å². The maximum atomic E-state index is 4.23. The van der Waals surface area contributed by atoms with E-state index in [1.54, 1.807) is 0 Å². The monoisotopic (exact) mass is 269 g/mol. The molecular weight excluding hydrogens is 252 g/mol. The van der Waals surface area contributed by atoms with Crippen LogP contribution in [0.25, 0.3) is 0 Å². The number of halogens is 1. The minimum atomic E-state index is 0.649. The molecule has 0 aliphatic carbocycles. The van der Waals surface area contributed by atoms with Gasteiger partial charge in [-0.25, -0.2) is 0 Å². The summed E-state index contributed by atoms with van der Waals surface area (Å²) in [7, 11) is 2.37. The highest BCUT2D eigenvalue weighted by molar-refractivity contribution is 9.09. The summed E-state index contributed by atoms with van der Waals surface area (Å²) in [5.74, 6) is 0. The van der Waals surface area contributed by atoms with Crippen LogP contribution in [-0.4, -0.2) is 34.9 Å². The highest BCUT2D eigenvalue weighted by Crippen LogP contribution is 2.37. The second kappa shape index (κ2) is 4.62. The molecule has 2 heterocycles. The molecule has 3 heteroatoms. The predicted octanol–water partition coefficient (Wildman–Crippen LogP) is 2.76. The van der Waals surface area contributed by atoms with Crippen LogP contribution in [0.5, 0.6) is 0 Å². The zero-order chi connectivity index (χ0) is 10.7. The van der Waals surface area contributed by atoms with Gasteiger partial charge in [-0.15, -0.1) is 0 Å². The maximum absolute atomic E-state index is 4.23. The summed E-state index contributed by atoms with van der Waals surface area (Å²) in [6, 6.07) is 4.91. The third-order valence-corrected chi connectivity index (χ3v) is 3.92. The van der Waals surface area contributed by atoms with Gasteiger partial charge in [0.1, 0.15) is 6.04 Å². The van der Waals surface area contributed by atoms with Crippen molar-refractivity contribution in [1.29, 1.82) is 0 Å². The second-order valence-corrected chi connectivity index (χ2v) is 5.35. The molecule has 1 aromatic heterocycles. The first-order valence-corrected chi connectivity index (χ1v) is 6.68. The molecule has 0 aromatic carbocycles. The van der Waals surface area contributed by atoms with Gasteiger partial charge in [0.05, 0.1) is 25.5 Å². The summed E-state index contributed by atoms with van der Waals surface area (Å²) in [6.07, 6.45) is 6.52. The van der Waals surface area contributed by atoms with Crippen molar-refractivity contribution in [3.63, 3.8) is 0 Å². The van der Waals surface area contributed by atoms with Gasteiger partial charge in [-0.2, -0.15) is 0 Å². The van der Waals surface area contributed by atoms with E-state index in [-0.39, 0.29) is 0 Å². The van der Waals surface area contributed by atoms with Gasteiger partial charge in [0.15, 0.2) is 0 Å². The van der Waals surface area contributed by atoms with Crippen LogP contribution in [0.4, 0.5) is 0 Å². The van der Waals surface area contributed by atoms with Gasteiger partial charge in [-0.05, 0) is 6.07 Å². The van der Waals surface area contributed by atoms with E-state index in [2.05, 4.69) is 34.0 Å². The smallest absolute Gasteiger partial charge is 0.116 e. The molecule has 0 saturated carbocycles. The molecule has 0 radical (unpaired) electrons. The Morgan fingerprint density at radius 3 is 3.13 bits per heavy atom. The molecule has 0 amide bonds. The van der Waals surface area contributed by atoms with Gasteiger partial charge < -0.3 is 4.48 Å². The second-order valence-electron chi connectivity index (χ2n) is 4.56. The number of alkyl halides is 1. The minimum absolute atomic E-state index is 0.649. The van der Waals surface area contributed by atoms with Gasteiger partial charge in [-0.1, -0.05) is 22.0 Å². The number of hydrogen-bond donors (Lipinski definition) is 0. The number of rotatable bonds is 3. The van der Waals surface area contributed by atoms with Crippen molar-refractivity contribution in [3.8, 4) is 0 Å². The fourth-order valence-corrected chi connectivity index (χ4v) is 3.48. The SMILES string of the molecule is C[N+]1(CCBr)CCCC1c1cccnc1. The summed E-state index contributed by atoms with van der Waals surface area (Å²) in [4.78, 5) is 4.23. The summed E-state index contributed by atoms with van der Waals surface area (Å²) in [5, 5.41) is 1.08. The zero-order valence-electron chi connectivity index (χ0n) is 9.19. The third-order valence-electron chi connectivity index (χ3n) is 3.56. The average molecular weight is 270 g/mol. The Morgan fingerprint density at radius 1 is 1.60 bits per heavy atom. The molecule has 1 aliphatic heterocycles. The molecule has 15 heavy (non-hydrogen) atoms. The first-order valence-electron chi connectivity index (χ1n) is 5.56. The van der Waals surface area contributed by atoms with Crippen LogP contribution in [0.15, 0.2) is 24.5 Å². The lowest BCUT2D eigenvalue weighted by Crippen LogP contribution is -2.44. The molecule has 2 unspecified atom stereocenters. The Labute approximate surface area is 100 Å². The van der Waals surface area contributed by atoms with Gasteiger partial charge in [-0.3, -0.25) is 4.98 Å². The highest BCUT2D eigenvalue weighted by Gasteiger charge is 2.38. The molecule has 0 spiro atoms. The van der Waals surface area contributed by atoms with Gasteiger partial charge >= 0.3 is 0 Å².